The number of fused-ring (bicyclic) bond motifs is 1. The van der Waals surface area contributed by atoms with Gasteiger partial charge >= 0.3 is 0 Å². The molecular weight excluding hydrogens is 356 g/mol. The molecule has 0 bridgehead atoms. The summed E-state index contributed by atoms with van der Waals surface area (Å²) in [7, 11) is 0. The van der Waals surface area contributed by atoms with Gasteiger partial charge in [-0.25, -0.2) is 0 Å². The summed E-state index contributed by atoms with van der Waals surface area (Å²) in [6.45, 7) is 13.0. The number of aliphatic hydroxyl groups excluding tert-OH is 1. The molecule has 0 saturated heterocycles. The summed E-state index contributed by atoms with van der Waals surface area (Å²) in [4.78, 5) is 0. The zero-order valence-corrected chi connectivity index (χ0v) is 19.3. The molecule has 2 N–H and O–H groups in total. The van der Waals surface area contributed by atoms with Gasteiger partial charge in [-0.15, -0.1) is 0 Å². The first-order valence-electron chi connectivity index (χ1n) is 12.1. The fraction of sp³-hybridized carbons (Fsp3) is 0.778. The van der Waals surface area contributed by atoms with Crippen LogP contribution in [0.5, 0.6) is 0 Å². The van der Waals surface area contributed by atoms with Crippen LogP contribution in [0.3, 0.4) is 0 Å². The molecule has 3 rings (SSSR count). The van der Waals surface area contributed by atoms with Gasteiger partial charge in [-0.05, 0) is 106 Å². The van der Waals surface area contributed by atoms with Crippen LogP contribution in [0, 0.1) is 23.2 Å². The van der Waals surface area contributed by atoms with E-state index in [1.54, 1.807) is 5.57 Å². The topological polar surface area (TPSA) is 40.5 Å². The van der Waals surface area contributed by atoms with E-state index in [2.05, 4.69) is 32.6 Å². The number of rotatable bonds is 6. The van der Waals surface area contributed by atoms with E-state index >= 15 is 0 Å². The van der Waals surface area contributed by atoms with Crippen LogP contribution in [0.1, 0.15) is 98.3 Å². The molecule has 0 aliphatic heterocycles. The first-order chi connectivity index (χ1) is 13.6. The zero-order valence-electron chi connectivity index (χ0n) is 19.3. The van der Waals surface area contributed by atoms with E-state index in [-0.39, 0.29) is 6.10 Å². The average molecular weight is 401 g/mol. The minimum absolute atomic E-state index is 0.342. The van der Waals surface area contributed by atoms with Crippen LogP contribution in [0.15, 0.2) is 35.5 Å². The third-order valence-corrected chi connectivity index (χ3v) is 8.41. The second-order valence-corrected chi connectivity index (χ2v) is 11.1. The summed E-state index contributed by atoms with van der Waals surface area (Å²) < 4.78 is 0. The van der Waals surface area contributed by atoms with Crippen LogP contribution in [0.2, 0.25) is 0 Å². The zero-order chi connectivity index (χ0) is 21.2. The number of hydrogen-bond donors (Lipinski definition) is 2. The molecular formula is C27H44O2. The lowest BCUT2D eigenvalue weighted by Gasteiger charge is -2.44. The molecule has 0 radical (unpaired) electrons. The molecule has 3 aliphatic carbocycles. The SMILES string of the molecule is C=C1C(=CC=C2CCC[C@]3(C)[C@@H]([C@H](C)CCCC(C)(C)O)CC[C@@H]23)CCCC1O. The maximum absolute atomic E-state index is 10.1. The third-order valence-electron chi connectivity index (χ3n) is 8.41. The predicted octanol–water partition coefficient (Wildman–Crippen LogP) is 6.73. The Labute approximate surface area is 179 Å². The lowest BCUT2D eigenvalue weighted by atomic mass is 9.60. The van der Waals surface area contributed by atoms with Gasteiger partial charge in [0.15, 0.2) is 0 Å². The van der Waals surface area contributed by atoms with Crippen LogP contribution in [0.25, 0.3) is 0 Å². The van der Waals surface area contributed by atoms with Crippen molar-refractivity contribution in [1.29, 1.82) is 0 Å². The van der Waals surface area contributed by atoms with Gasteiger partial charge in [0.2, 0.25) is 0 Å². The summed E-state index contributed by atoms with van der Waals surface area (Å²) in [6.07, 6.45) is 17.2. The predicted molar refractivity (Wildman–Crippen MR) is 123 cm³/mol. The maximum atomic E-state index is 10.1. The summed E-state index contributed by atoms with van der Waals surface area (Å²) in [6, 6.07) is 0. The Morgan fingerprint density at radius 2 is 1.93 bits per heavy atom. The molecule has 0 heterocycles. The van der Waals surface area contributed by atoms with Crippen LogP contribution >= 0.6 is 0 Å². The van der Waals surface area contributed by atoms with Gasteiger partial charge in [0.25, 0.3) is 0 Å². The first-order valence-corrected chi connectivity index (χ1v) is 12.1. The summed E-state index contributed by atoms with van der Waals surface area (Å²) in [5.74, 6) is 2.26. The summed E-state index contributed by atoms with van der Waals surface area (Å²) >= 11 is 0. The van der Waals surface area contributed by atoms with Crippen molar-refractivity contribution in [2.75, 3.05) is 0 Å². The van der Waals surface area contributed by atoms with Crippen LogP contribution in [-0.2, 0) is 0 Å². The Kier molecular flexibility index (Phi) is 7.16. The fourth-order valence-electron chi connectivity index (χ4n) is 6.70. The van der Waals surface area contributed by atoms with Crippen LogP contribution in [0.4, 0.5) is 0 Å². The number of allylic oxidation sites excluding steroid dienone is 3. The van der Waals surface area contributed by atoms with Crippen molar-refractivity contribution < 1.29 is 10.2 Å². The molecule has 2 nitrogen and oxygen atoms in total. The largest absolute Gasteiger partial charge is 0.390 e. The number of hydrogen-bond acceptors (Lipinski definition) is 2. The Hall–Kier alpha value is -0.860. The molecule has 0 aromatic heterocycles. The van der Waals surface area contributed by atoms with Gasteiger partial charge in [-0.1, -0.05) is 51.0 Å². The van der Waals surface area contributed by atoms with Crippen LogP contribution < -0.4 is 0 Å². The average Bonchev–Trinajstić information content (AvgIpc) is 2.99. The van der Waals surface area contributed by atoms with Gasteiger partial charge in [-0.2, -0.15) is 0 Å². The monoisotopic (exact) mass is 400 g/mol. The van der Waals surface area contributed by atoms with Crippen molar-refractivity contribution in [3.05, 3.63) is 35.5 Å². The Morgan fingerprint density at radius 1 is 1.17 bits per heavy atom. The Bertz CT molecular complexity index is 650. The highest BCUT2D eigenvalue weighted by Crippen LogP contribution is 2.60. The second-order valence-electron chi connectivity index (χ2n) is 11.1. The lowest BCUT2D eigenvalue weighted by molar-refractivity contribution is 0.0596. The summed E-state index contributed by atoms with van der Waals surface area (Å²) in [5, 5.41) is 20.2. The molecule has 2 heteroatoms. The number of aliphatic hydroxyl groups is 2. The highest BCUT2D eigenvalue weighted by Gasteiger charge is 2.50. The van der Waals surface area contributed by atoms with Gasteiger partial charge in [-0.3, -0.25) is 0 Å². The van der Waals surface area contributed by atoms with Gasteiger partial charge < -0.3 is 10.2 Å². The smallest absolute Gasteiger partial charge is 0.0787 e. The van der Waals surface area contributed by atoms with E-state index in [0.717, 1.165) is 55.4 Å². The molecule has 5 atom stereocenters. The molecule has 164 valence electrons. The second kappa shape index (κ2) is 9.10. The molecule has 0 aromatic rings. The highest BCUT2D eigenvalue weighted by molar-refractivity contribution is 5.37. The van der Waals surface area contributed by atoms with Crippen molar-refractivity contribution in [2.45, 2.75) is 110 Å². The minimum atomic E-state index is -0.535. The van der Waals surface area contributed by atoms with E-state index in [9.17, 15) is 10.2 Å². The molecule has 3 saturated carbocycles. The molecule has 1 unspecified atom stereocenters. The van der Waals surface area contributed by atoms with E-state index in [1.165, 1.54) is 44.1 Å². The van der Waals surface area contributed by atoms with Gasteiger partial charge in [0, 0.05) is 0 Å². The van der Waals surface area contributed by atoms with Crippen LogP contribution in [-0.4, -0.2) is 21.9 Å². The van der Waals surface area contributed by atoms with Gasteiger partial charge in [0.1, 0.15) is 0 Å². The molecule has 29 heavy (non-hydrogen) atoms. The van der Waals surface area contributed by atoms with E-state index in [1.807, 2.05) is 13.8 Å². The molecule has 0 amide bonds. The lowest BCUT2D eigenvalue weighted by Crippen LogP contribution is -2.36. The van der Waals surface area contributed by atoms with Crippen molar-refractivity contribution >= 4 is 0 Å². The maximum Gasteiger partial charge on any atom is 0.0787 e. The molecule has 0 spiro atoms. The quantitative estimate of drug-likeness (QED) is 0.518. The van der Waals surface area contributed by atoms with E-state index in [4.69, 9.17) is 0 Å². The van der Waals surface area contributed by atoms with E-state index < -0.39 is 5.60 Å². The minimum Gasteiger partial charge on any atom is -0.390 e. The normalized spacial score (nSPS) is 37.2. The van der Waals surface area contributed by atoms with Crippen molar-refractivity contribution in [2.24, 2.45) is 23.2 Å². The van der Waals surface area contributed by atoms with Gasteiger partial charge in [0.05, 0.1) is 11.7 Å². The Balaban J connectivity index is 1.68. The highest BCUT2D eigenvalue weighted by atomic mass is 16.3. The first kappa shape index (κ1) is 22.8. The summed E-state index contributed by atoms with van der Waals surface area (Å²) in [5.41, 5.74) is 3.74. The Morgan fingerprint density at radius 3 is 2.66 bits per heavy atom. The van der Waals surface area contributed by atoms with Crippen molar-refractivity contribution in [1.82, 2.24) is 0 Å². The van der Waals surface area contributed by atoms with Crippen molar-refractivity contribution in [3.63, 3.8) is 0 Å². The third kappa shape index (κ3) is 5.25. The molecule has 0 aromatic carbocycles. The fourth-order valence-corrected chi connectivity index (χ4v) is 6.70. The van der Waals surface area contributed by atoms with Crippen molar-refractivity contribution in [3.8, 4) is 0 Å². The molecule has 3 fully saturated rings. The molecule has 3 aliphatic rings. The van der Waals surface area contributed by atoms with E-state index in [0.29, 0.717) is 5.41 Å². The standard InChI is InChI=1S/C27H44O2/c1-19(9-7-17-26(3,4)29)23-15-16-24-22(11-8-18-27(23,24)5)14-13-21-10-6-12-25(28)20(21)2/h13-14,19,23-25,28-29H,2,6-12,15-18H2,1,3-5H3/t19-,23-,24+,25?,27-/m1/s1.